The molecule has 1 amide bonds. The van der Waals surface area contributed by atoms with Crippen LogP contribution in [-0.4, -0.2) is 29.8 Å². The molecule has 0 unspecified atom stereocenters. The lowest BCUT2D eigenvalue weighted by molar-refractivity contribution is -0.174. The maximum Gasteiger partial charge on any atom is 0.471 e. The molecule has 0 aromatic carbocycles. The first-order valence-corrected chi connectivity index (χ1v) is 3.86. The molecule has 3 nitrogen and oxygen atoms in total. The second-order valence-corrected chi connectivity index (χ2v) is 2.74. The SMILES string of the molecule is C[C@H](CCCO)NC(=O)C(F)(F)F. The molecule has 0 heterocycles. The van der Waals surface area contributed by atoms with Crippen LogP contribution in [0.25, 0.3) is 0 Å². The molecule has 0 aliphatic heterocycles. The van der Waals surface area contributed by atoms with Gasteiger partial charge in [0.25, 0.3) is 0 Å². The summed E-state index contributed by atoms with van der Waals surface area (Å²) in [6.07, 6.45) is -4.12. The van der Waals surface area contributed by atoms with Crippen LogP contribution in [0.1, 0.15) is 19.8 Å². The van der Waals surface area contributed by atoms with E-state index in [1.165, 1.54) is 6.92 Å². The molecule has 0 radical (unpaired) electrons. The lowest BCUT2D eigenvalue weighted by Crippen LogP contribution is -2.41. The number of rotatable bonds is 4. The number of halogens is 3. The lowest BCUT2D eigenvalue weighted by Gasteiger charge is -2.14. The number of nitrogens with one attached hydrogen (secondary N) is 1. The highest BCUT2D eigenvalue weighted by atomic mass is 19.4. The van der Waals surface area contributed by atoms with Crippen LogP contribution in [0, 0.1) is 0 Å². The number of alkyl halides is 3. The zero-order valence-electron chi connectivity index (χ0n) is 7.19. The Morgan fingerprint density at radius 1 is 1.54 bits per heavy atom. The summed E-state index contributed by atoms with van der Waals surface area (Å²) in [7, 11) is 0. The molecule has 0 aromatic rings. The van der Waals surface area contributed by atoms with Gasteiger partial charge in [-0.1, -0.05) is 0 Å². The van der Waals surface area contributed by atoms with Crippen molar-refractivity contribution >= 4 is 5.91 Å². The number of aliphatic hydroxyl groups excluding tert-OH is 1. The Bertz CT molecular complexity index is 170. The molecule has 0 fully saturated rings. The minimum atomic E-state index is -4.83. The number of aliphatic hydroxyl groups is 1. The average Bonchev–Trinajstić information content (AvgIpc) is 1.99. The highest BCUT2D eigenvalue weighted by Gasteiger charge is 2.38. The molecule has 0 saturated heterocycles. The third-order valence-corrected chi connectivity index (χ3v) is 1.43. The second-order valence-electron chi connectivity index (χ2n) is 2.74. The summed E-state index contributed by atoms with van der Waals surface area (Å²) in [5.74, 6) is -1.93. The van der Waals surface area contributed by atoms with E-state index in [1.807, 2.05) is 0 Å². The van der Waals surface area contributed by atoms with E-state index in [1.54, 1.807) is 5.32 Å². The Morgan fingerprint density at radius 2 is 2.08 bits per heavy atom. The third-order valence-electron chi connectivity index (χ3n) is 1.43. The van der Waals surface area contributed by atoms with Crippen LogP contribution in [0.4, 0.5) is 13.2 Å². The Hall–Kier alpha value is -0.780. The number of hydrogen-bond donors (Lipinski definition) is 2. The maximum atomic E-state index is 11.7. The lowest BCUT2D eigenvalue weighted by atomic mass is 10.2. The van der Waals surface area contributed by atoms with Gasteiger partial charge in [0.1, 0.15) is 0 Å². The van der Waals surface area contributed by atoms with Crippen molar-refractivity contribution < 1.29 is 23.1 Å². The highest BCUT2D eigenvalue weighted by molar-refractivity contribution is 5.81. The van der Waals surface area contributed by atoms with Gasteiger partial charge in [-0.15, -0.1) is 0 Å². The Balaban J connectivity index is 3.79. The Labute approximate surface area is 73.9 Å². The van der Waals surface area contributed by atoms with Gasteiger partial charge in [-0.2, -0.15) is 13.2 Å². The van der Waals surface area contributed by atoms with Gasteiger partial charge in [0.05, 0.1) is 0 Å². The van der Waals surface area contributed by atoms with Gasteiger partial charge in [-0.3, -0.25) is 4.79 Å². The fourth-order valence-electron chi connectivity index (χ4n) is 0.775. The minimum absolute atomic E-state index is 0.0910. The van der Waals surface area contributed by atoms with E-state index >= 15 is 0 Å². The fraction of sp³-hybridized carbons (Fsp3) is 0.857. The van der Waals surface area contributed by atoms with Crippen molar-refractivity contribution in [2.45, 2.75) is 32.0 Å². The van der Waals surface area contributed by atoms with Crippen LogP contribution in [0.2, 0.25) is 0 Å². The number of amides is 1. The van der Waals surface area contributed by atoms with Gasteiger partial charge in [-0.05, 0) is 19.8 Å². The van der Waals surface area contributed by atoms with E-state index in [4.69, 9.17) is 5.11 Å². The van der Waals surface area contributed by atoms with Crippen molar-refractivity contribution in [1.29, 1.82) is 0 Å². The van der Waals surface area contributed by atoms with Crippen LogP contribution < -0.4 is 5.32 Å². The zero-order valence-corrected chi connectivity index (χ0v) is 7.19. The summed E-state index contributed by atoms with van der Waals surface area (Å²) in [6.45, 7) is 1.37. The molecule has 0 rings (SSSR count). The first-order valence-electron chi connectivity index (χ1n) is 3.86. The molecule has 13 heavy (non-hydrogen) atoms. The summed E-state index contributed by atoms with van der Waals surface area (Å²) in [5.41, 5.74) is 0. The molecule has 0 aromatic heterocycles. The standard InChI is InChI=1S/C7H12F3NO2/c1-5(3-2-4-12)11-6(13)7(8,9)10/h5,12H,2-4H2,1H3,(H,11,13)/t5-/m1/s1. The van der Waals surface area contributed by atoms with E-state index < -0.39 is 18.1 Å². The van der Waals surface area contributed by atoms with Gasteiger partial charge in [0.15, 0.2) is 0 Å². The van der Waals surface area contributed by atoms with Crippen LogP contribution >= 0.6 is 0 Å². The molecule has 2 N–H and O–H groups in total. The maximum absolute atomic E-state index is 11.7. The number of carbonyl (C=O) groups is 1. The first-order chi connectivity index (χ1) is 5.88. The summed E-state index contributed by atoms with van der Waals surface area (Å²) >= 11 is 0. The van der Waals surface area contributed by atoms with Crippen molar-refractivity contribution in [1.82, 2.24) is 5.32 Å². The molecular formula is C7H12F3NO2. The van der Waals surface area contributed by atoms with Gasteiger partial charge < -0.3 is 10.4 Å². The van der Waals surface area contributed by atoms with Gasteiger partial charge >= 0.3 is 12.1 Å². The van der Waals surface area contributed by atoms with E-state index in [0.717, 1.165) is 0 Å². The molecule has 0 bridgehead atoms. The van der Waals surface area contributed by atoms with E-state index in [-0.39, 0.29) is 6.61 Å². The van der Waals surface area contributed by atoms with E-state index in [2.05, 4.69) is 0 Å². The van der Waals surface area contributed by atoms with E-state index in [0.29, 0.717) is 12.8 Å². The Morgan fingerprint density at radius 3 is 2.46 bits per heavy atom. The Kier molecular flexibility index (Phi) is 4.76. The third kappa shape index (κ3) is 5.46. The smallest absolute Gasteiger partial charge is 0.396 e. The van der Waals surface area contributed by atoms with E-state index in [9.17, 15) is 18.0 Å². The summed E-state index contributed by atoms with van der Waals surface area (Å²) in [5, 5.41) is 10.2. The largest absolute Gasteiger partial charge is 0.471 e. The second kappa shape index (κ2) is 5.06. The molecule has 78 valence electrons. The summed E-state index contributed by atoms with van der Waals surface area (Å²) < 4.78 is 35.0. The monoisotopic (exact) mass is 199 g/mol. The van der Waals surface area contributed by atoms with Crippen molar-refractivity contribution in [2.24, 2.45) is 0 Å². The number of hydrogen-bond acceptors (Lipinski definition) is 2. The van der Waals surface area contributed by atoms with Crippen LogP contribution in [0.15, 0.2) is 0 Å². The van der Waals surface area contributed by atoms with Crippen LogP contribution in [0.3, 0.4) is 0 Å². The van der Waals surface area contributed by atoms with Gasteiger partial charge in [-0.25, -0.2) is 0 Å². The van der Waals surface area contributed by atoms with Crippen molar-refractivity contribution in [3.63, 3.8) is 0 Å². The van der Waals surface area contributed by atoms with Crippen molar-refractivity contribution in [3.05, 3.63) is 0 Å². The molecule has 1 atom stereocenters. The molecule has 0 spiro atoms. The molecule has 0 aliphatic rings. The molecule has 6 heteroatoms. The first kappa shape index (κ1) is 12.2. The van der Waals surface area contributed by atoms with Crippen molar-refractivity contribution in [2.75, 3.05) is 6.61 Å². The normalized spacial score (nSPS) is 13.9. The molecule has 0 saturated carbocycles. The summed E-state index contributed by atoms with van der Waals surface area (Å²) in [6, 6.07) is -0.568. The fourth-order valence-corrected chi connectivity index (χ4v) is 0.775. The highest BCUT2D eigenvalue weighted by Crippen LogP contribution is 2.14. The predicted molar refractivity (Wildman–Crippen MR) is 40.0 cm³/mol. The van der Waals surface area contributed by atoms with Crippen LogP contribution in [0.5, 0.6) is 0 Å². The molecular weight excluding hydrogens is 187 g/mol. The van der Waals surface area contributed by atoms with Crippen LogP contribution in [-0.2, 0) is 4.79 Å². The predicted octanol–water partition coefficient (Wildman–Crippen LogP) is 0.826. The minimum Gasteiger partial charge on any atom is -0.396 e. The topological polar surface area (TPSA) is 49.3 Å². The number of carbonyl (C=O) groups excluding carboxylic acids is 1. The average molecular weight is 199 g/mol. The molecule has 0 aliphatic carbocycles. The van der Waals surface area contributed by atoms with Gasteiger partial charge in [0, 0.05) is 12.6 Å². The quantitative estimate of drug-likeness (QED) is 0.704. The van der Waals surface area contributed by atoms with Crippen molar-refractivity contribution in [3.8, 4) is 0 Å². The zero-order chi connectivity index (χ0) is 10.5. The van der Waals surface area contributed by atoms with Gasteiger partial charge in [0.2, 0.25) is 0 Å². The summed E-state index contributed by atoms with van der Waals surface area (Å²) in [4.78, 5) is 10.3.